The molecule has 0 saturated heterocycles. The normalized spacial score (nSPS) is 20.4. The number of aliphatic imine (C=N–C) groups is 1. The number of nitrogens with zero attached hydrogens (tertiary/aromatic N) is 4. The Kier molecular flexibility index (Phi) is 4.38. The second-order valence-corrected chi connectivity index (χ2v) is 9.52. The number of hydrogen-bond acceptors (Lipinski definition) is 7. The molecule has 9 nitrogen and oxygen atoms in total. The summed E-state index contributed by atoms with van der Waals surface area (Å²) >= 11 is 0. The van der Waals surface area contributed by atoms with Gasteiger partial charge in [-0.2, -0.15) is 4.98 Å². The summed E-state index contributed by atoms with van der Waals surface area (Å²) < 4.78 is 25.1. The minimum absolute atomic E-state index is 0.0533. The van der Waals surface area contributed by atoms with Gasteiger partial charge in [0.1, 0.15) is 11.8 Å². The van der Waals surface area contributed by atoms with Crippen LogP contribution in [0.15, 0.2) is 46.4 Å². The van der Waals surface area contributed by atoms with Crippen LogP contribution in [-0.2, 0) is 15.6 Å². The first-order valence-electron chi connectivity index (χ1n) is 9.94. The van der Waals surface area contributed by atoms with Crippen LogP contribution in [-0.4, -0.2) is 29.2 Å². The van der Waals surface area contributed by atoms with Gasteiger partial charge in [-0.1, -0.05) is 19.3 Å². The maximum Gasteiger partial charge on any atom is 0.238 e. The maximum atomic E-state index is 11.4. The van der Waals surface area contributed by atoms with E-state index in [-0.39, 0.29) is 10.4 Å². The SMILES string of the molecule is NC1N=CC2(CCCCC2)n2c1cc1cnc(Nc3ccc(S(N)(=O)=O)cc3)nc12. The van der Waals surface area contributed by atoms with E-state index in [4.69, 9.17) is 15.9 Å². The number of primary sulfonamides is 1. The Morgan fingerprint density at radius 2 is 1.87 bits per heavy atom. The first-order valence-corrected chi connectivity index (χ1v) is 11.5. The first-order chi connectivity index (χ1) is 14.4. The van der Waals surface area contributed by atoms with Gasteiger partial charge in [-0.15, -0.1) is 0 Å². The van der Waals surface area contributed by atoms with Gasteiger partial charge < -0.3 is 15.6 Å². The maximum absolute atomic E-state index is 11.4. The highest BCUT2D eigenvalue weighted by molar-refractivity contribution is 7.89. The zero-order valence-electron chi connectivity index (χ0n) is 16.3. The van der Waals surface area contributed by atoms with Crippen molar-refractivity contribution in [2.24, 2.45) is 15.9 Å². The van der Waals surface area contributed by atoms with Crippen LogP contribution in [0.3, 0.4) is 0 Å². The summed E-state index contributed by atoms with van der Waals surface area (Å²) in [6, 6.07) is 8.18. The molecule has 156 valence electrons. The van der Waals surface area contributed by atoms with Crippen LogP contribution in [0.25, 0.3) is 11.0 Å². The molecule has 5 N–H and O–H groups in total. The summed E-state index contributed by atoms with van der Waals surface area (Å²) in [5, 5.41) is 9.22. The molecule has 1 aliphatic carbocycles. The average molecular weight is 426 g/mol. The van der Waals surface area contributed by atoms with Crippen molar-refractivity contribution in [2.45, 2.75) is 48.7 Å². The summed E-state index contributed by atoms with van der Waals surface area (Å²) in [6.45, 7) is 0. The lowest BCUT2D eigenvalue weighted by atomic mass is 9.81. The summed E-state index contributed by atoms with van der Waals surface area (Å²) in [7, 11) is -3.73. The Morgan fingerprint density at radius 1 is 1.13 bits per heavy atom. The number of benzene rings is 1. The quantitative estimate of drug-likeness (QED) is 0.589. The van der Waals surface area contributed by atoms with Crippen molar-refractivity contribution in [3.8, 4) is 0 Å². The van der Waals surface area contributed by atoms with Crippen molar-refractivity contribution in [1.82, 2.24) is 14.5 Å². The summed E-state index contributed by atoms with van der Waals surface area (Å²) in [6.07, 6.45) is 8.94. The van der Waals surface area contributed by atoms with E-state index < -0.39 is 16.2 Å². The fourth-order valence-electron chi connectivity index (χ4n) is 4.48. The molecule has 0 amide bonds. The number of nitrogens with two attached hydrogens (primary N) is 2. The van der Waals surface area contributed by atoms with Gasteiger partial charge in [0, 0.05) is 23.5 Å². The predicted octanol–water partition coefficient (Wildman–Crippen LogP) is 2.52. The highest BCUT2D eigenvalue weighted by Gasteiger charge is 2.39. The van der Waals surface area contributed by atoms with Crippen molar-refractivity contribution in [2.75, 3.05) is 5.32 Å². The molecule has 30 heavy (non-hydrogen) atoms. The number of hydrogen-bond donors (Lipinski definition) is 3. The van der Waals surface area contributed by atoms with Gasteiger partial charge >= 0.3 is 0 Å². The highest BCUT2D eigenvalue weighted by atomic mass is 32.2. The molecule has 3 aromatic rings. The smallest absolute Gasteiger partial charge is 0.238 e. The van der Waals surface area contributed by atoms with Gasteiger partial charge in [0.05, 0.1) is 16.1 Å². The number of aromatic nitrogens is 3. The Hall–Kier alpha value is -2.82. The van der Waals surface area contributed by atoms with Gasteiger partial charge in [-0.25, -0.2) is 18.5 Å². The van der Waals surface area contributed by atoms with E-state index in [0.29, 0.717) is 11.6 Å². The lowest BCUT2D eigenvalue weighted by Crippen LogP contribution is -2.42. The first kappa shape index (κ1) is 19.2. The third-order valence-electron chi connectivity index (χ3n) is 5.95. The van der Waals surface area contributed by atoms with Gasteiger partial charge in [-0.05, 0) is 43.2 Å². The van der Waals surface area contributed by atoms with Crippen molar-refractivity contribution < 1.29 is 8.42 Å². The van der Waals surface area contributed by atoms with Gasteiger partial charge in [0.25, 0.3) is 0 Å². The molecule has 2 aromatic heterocycles. The van der Waals surface area contributed by atoms with E-state index in [1.54, 1.807) is 18.3 Å². The van der Waals surface area contributed by atoms with Gasteiger partial charge in [0.15, 0.2) is 0 Å². The van der Waals surface area contributed by atoms with Crippen LogP contribution in [0.2, 0.25) is 0 Å². The Bertz CT molecular complexity index is 1240. The largest absolute Gasteiger partial charge is 0.324 e. The Balaban J connectivity index is 1.54. The van der Waals surface area contributed by atoms with Gasteiger partial charge in [-0.3, -0.25) is 4.99 Å². The molecule has 1 aromatic carbocycles. The molecule has 0 radical (unpaired) electrons. The van der Waals surface area contributed by atoms with E-state index in [1.807, 2.05) is 12.3 Å². The van der Waals surface area contributed by atoms with E-state index in [1.165, 1.54) is 18.6 Å². The zero-order chi connectivity index (χ0) is 20.9. The number of fused-ring (bicyclic) bond motifs is 4. The molecule has 10 heteroatoms. The van der Waals surface area contributed by atoms with Gasteiger partial charge in [0.2, 0.25) is 16.0 Å². The standard InChI is InChI=1S/C20H23N7O2S/c21-17-16-10-13-11-23-19(25-14-4-6-15(7-5-14)30(22,28)29)26-18(13)27(16)20(12-24-17)8-2-1-3-9-20/h4-7,10-12,17H,1-3,8-9,21H2,(H2,22,28,29)(H,23,25,26). The van der Waals surface area contributed by atoms with Crippen LogP contribution >= 0.6 is 0 Å². The van der Waals surface area contributed by atoms with Crippen molar-refractivity contribution in [1.29, 1.82) is 0 Å². The fraction of sp³-hybridized carbons (Fsp3) is 0.350. The predicted molar refractivity (Wildman–Crippen MR) is 115 cm³/mol. The molecule has 1 spiro atoms. The highest BCUT2D eigenvalue weighted by Crippen LogP contribution is 2.41. The second-order valence-electron chi connectivity index (χ2n) is 7.96. The second kappa shape index (κ2) is 6.86. The van der Waals surface area contributed by atoms with Crippen LogP contribution in [0.4, 0.5) is 11.6 Å². The zero-order valence-corrected chi connectivity index (χ0v) is 17.1. The Morgan fingerprint density at radius 3 is 2.57 bits per heavy atom. The van der Waals surface area contributed by atoms with Crippen LogP contribution in [0.5, 0.6) is 0 Å². The van der Waals surface area contributed by atoms with E-state index in [0.717, 1.165) is 42.4 Å². The number of anilines is 2. The molecule has 1 fully saturated rings. The van der Waals surface area contributed by atoms with Crippen molar-refractivity contribution in [3.05, 3.63) is 42.2 Å². The third kappa shape index (κ3) is 3.17. The monoisotopic (exact) mass is 425 g/mol. The fourth-order valence-corrected chi connectivity index (χ4v) is 5.00. The molecule has 1 atom stereocenters. The summed E-state index contributed by atoms with van der Waals surface area (Å²) in [5.74, 6) is 0.425. The van der Waals surface area contributed by atoms with Crippen LogP contribution < -0.4 is 16.2 Å². The minimum Gasteiger partial charge on any atom is -0.324 e. The molecule has 2 aliphatic rings. The number of nitrogens with one attached hydrogen (secondary N) is 1. The van der Waals surface area contributed by atoms with E-state index >= 15 is 0 Å². The van der Waals surface area contributed by atoms with Crippen molar-refractivity contribution in [3.63, 3.8) is 0 Å². The third-order valence-corrected chi connectivity index (χ3v) is 6.88. The molecule has 1 unspecified atom stereocenters. The Labute approximate surface area is 174 Å². The average Bonchev–Trinajstić information content (AvgIpc) is 3.12. The topological polar surface area (TPSA) is 141 Å². The van der Waals surface area contributed by atoms with Crippen LogP contribution in [0.1, 0.15) is 44.0 Å². The number of rotatable bonds is 3. The minimum atomic E-state index is -3.73. The molecule has 5 rings (SSSR count). The number of sulfonamides is 1. The summed E-state index contributed by atoms with van der Waals surface area (Å²) in [4.78, 5) is 13.8. The van der Waals surface area contributed by atoms with Crippen LogP contribution in [0, 0.1) is 0 Å². The lowest BCUT2D eigenvalue weighted by molar-refractivity contribution is 0.276. The van der Waals surface area contributed by atoms with Crippen molar-refractivity contribution >= 4 is 38.9 Å². The lowest BCUT2D eigenvalue weighted by Gasteiger charge is -2.40. The molecule has 1 aliphatic heterocycles. The summed E-state index contributed by atoms with van der Waals surface area (Å²) in [5.41, 5.74) is 8.53. The van der Waals surface area contributed by atoms with E-state index in [2.05, 4.69) is 19.9 Å². The molecular weight excluding hydrogens is 402 g/mol. The molecule has 0 bridgehead atoms. The molecule has 1 saturated carbocycles. The molecule has 3 heterocycles. The molecular formula is C20H23N7O2S. The van der Waals surface area contributed by atoms with E-state index in [9.17, 15) is 8.42 Å².